The Kier molecular flexibility index (Phi) is 14.6. The molecule has 386 valence electrons. The number of carbonyl (C=O) groups is 4. The van der Waals surface area contributed by atoms with Crippen LogP contribution in [-0.4, -0.2) is 107 Å². The quantitative estimate of drug-likeness (QED) is 0.0802. The molecule has 4 amide bonds. The van der Waals surface area contributed by atoms with Crippen molar-refractivity contribution in [3.05, 3.63) is 111 Å². The molecule has 3 atom stereocenters. The zero-order valence-electron chi connectivity index (χ0n) is 41.4. The Labute approximate surface area is 428 Å². The molecule has 0 radical (unpaired) electrons. The lowest BCUT2D eigenvalue weighted by Crippen LogP contribution is -2.49. The second-order valence-electron chi connectivity index (χ2n) is 20.8. The first-order valence-electron chi connectivity index (χ1n) is 25.9. The summed E-state index contributed by atoms with van der Waals surface area (Å²) in [5.74, 6) is -3.12. The predicted molar refractivity (Wildman–Crippen MR) is 272 cm³/mol. The highest BCUT2D eigenvalue weighted by Gasteiger charge is 2.50. The van der Waals surface area contributed by atoms with Gasteiger partial charge in [0.05, 0.1) is 34.3 Å². The molecular formula is C56H64ClF2N7O7. The fourth-order valence-corrected chi connectivity index (χ4v) is 12.8. The third kappa shape index (κ3) is 9.83. The maximum atomic E-state index is 16.5. The SMILES string of the molecule is CC1c2c(cc(F)c(Cl)c2-c2c(C(N)=O)ccc(OCCO)c2F)OC1(CNC1CCC(C(=O)N2CCC(CN3CCC(c4ccc5c(C6CCC(=O)NC6=O)nn(C)c5c4)CC3)CC2)CC1)c1ccccc1. The number of carbonyl (C=O) groups excluding carboxylic acids is 4. The van der Waals surface area contributed by atoms with Crippen LogP contribution in [0.25, 0.3) is 22.0 Å². The summed E-state index contributed by atoms with van der Waals surface area (Å²) in [6.07, 6.45) is 8.00. The molecule has 0 bridgehead atoms. The van der Waals surface area contributed by atoms with E-state index < -0.39 is 40.0 Å². The van der Waals surface area contributed by atoms with Crippen LogP contribution < -0.4 is 25.8 Å². The van der Waals surface area contributed by atoms with Crippen LogP contribution in [-0.2, 0) is 27.0 Å². The molecule has 1 saturated carbocycles. The number of piperidine rings is 3. The van der Waals surface area contributed by atoms with Gasteiger partial charge in [0, 0.05) is 85.7 Å². The highest BCUT2D eigenvalue weighted by Crippen LogP contribution is 2.56. The van der Waals surface area contributed by atoms with Gasteiger partial charge in [0.2, 0.25) is 23.6 Å². The molecule has 1 aliphatic carbocycles. The monoisotopic (exact) mass is 1020 g/mol. The molecule has 5 aliphatic rings. The number of rotatable bonds is 14. The Morgan fingerprint density at radius 2 is 1.68 bits per heavy atom. The first-order chi connectivity index (χ1) is 35.2. The molecule has 73 heavy (non-hydrogen) atoms. The molecule has 4 fully saturated rings. The van der Waals surface area contributed by atoms with E-state index >= 15 is 8.78 Å². The normalized spacial score (nSPS) is 24.1. The van der Waals surface area contributed by atoms with Crippen LogP contribution in [0.1, 0.15) is 122 Å². The highest BCUT2D eigenvalue weighted by atomic mass is 35.5. The summed E-state index contributed by atoms with van der Waals surface area (Å²) in [5.41, 5.74) is 8.38. The van der Waals surface area contributed by atoms with E-state index in [1.54, 1.807) is 0 Å². The lowest BCUT2D eigenvalue weighted by molar-refractivity contribution is -0.138. The Balaban J connectivity index is 0.731. The third-order valence-corrected chi connectivity index (χ3v) is 17.0. The second kappa shape index (κ2) is 21.1. The molecule has 4 aromatic carbocycles. The average Bonchev–Trinajstić information content (AvgIpc) is 3.88. The predicted octanol–water partition coefficient (Wildman–Crippen LogP) is 7.82. The Morgan fingerprint density at radius 1 is 0.945 bits per heavy atom. The third-order valence-electron chi connectivity index (χ3n) is 16.6. The van der Waals surface area contributed by atoms with E-state index in [1.807, 2.05) is 49.0 Å². The number of aromatic nitrogens is 2. The molecule has 10 rings (SSSR count). The van der Waals surface area contributed by atoms with Gasteiger partial charge in [-0.15, -0.1) is 0 Å². The highest BCUT2D eigenvalue weighted by molar-refractivity contribution is 6.34. The molecule has 14 nitrogen and oxygen atoms in total. The van der Waals surface area contributed by atoms with Gasteiger partial charge in [-0.25, -0.2) is 8.78 Å². The van der Waals surface area contributed by atoms with Crippen molar-refractivity contribution in [1.29, 1.82) is 0 Å². The number of aliphatic hydroxyl groups is 1. The van der Waals surface area contributed by atoms with Crippen LogP contribution in [0.5, 0.6) is 11.5 Å². The molecular weight excluding hydrogens is 956 g/mol. The van der Waals surface area contributed by atoms with Crippen molar-refractivity contribution >= 4 is 46.1 Å². The molecule has 3 unspecified atom stereocenters. The summed E-state index contributed by atoms with van der Waals surface area (Å²) < 4.78 is 46.5. The van der Waals surface area contributed by atoms with Crippen molar-refractivity contribution in [1.82, 2.24) is 30.2 Å². The minimum absolute atomic E-state index is 0.0450. The van der Waals surface area contributed by atoms with Crippen LogP contribution in [0.2, 0.25) is 5.02 Å². The number of amides is 4. The van der Waals surface area contributed by atoms with Crippen molar-refractivity contribution in [2.24, 2.45) is 24.6 Å². The van der Waals surface area contributed by atoms with E-state index in [2.05, 4.69) is 38.6 Å². The molecule has 5 aromatic rings. The van der Waals surface area contributed by atoms with Gasteiger partial charge >= 0.3 is 0 Å². The number of hydrogen-bond donors (Lipinski definition) is 4. The maximum absolute atomic E-state index is 16.5. The van der Waals surface area contributed by atoms with Gasteiger partial charge in [-0.2, -0.15) is 5.10 Å². The van der Waals surface area contributed by atoms with Crippen LogP contribution in [0.4, 0.5) is 8.78 Å². The van der Waals surface area contributed by atoms with Crippen LogP contribution in [0.3, 0.4) is 0 Å². The minimum atomic E-state index is -1.10. The number of benzene rings is 4. The molecule has 0 spiro atoms. The summed E-state index contributed by atoms with van der Waals surface area (Å²) >= 11 is 6.73. The van der Waals surface area contributed by atoms with E-state index in [1.165, 1.54) is 23.8 Å². The fourth-order valence-electron chi connectivity index (χ4n) is 12.5. The number of ether oxygens (including phenoxy) is 2. The lowest BCUT2D eigenvalue weighted by Gasteiger charge is -2.40. The van der Waals surface area contributed by atoms with Crippen LogP contribution in [0, 0.1) is 23.5 Å². The summed E-state index contributed by atoms with van der Waals surface area (Å²) in [5, 5.41) is 20.9. The number of aliphatic hydroxyl groups excluding tert-OH is 1. The summed E-state index contributed by atoms with van der Waals surface area (Å²) in [6.45, 7) is 6.28. The standard InChI is InChI=1S/C56H64ClF2N7O7/c1-32-47-45(29-42(58)50(57)49(47)48-40(53(60)69)14-16-44(51(48)59)72-27-26-67)73-56(32,37-6-4-3-5-7-37)31-61-38-11-8-35(9-12-38)55(71)66-24-18-33(19-25-66)30-65-22-20-34(21-23-65)36-10-13-39-43(28-36)64(2)63-52(39)41-15-17-46(68)62-54(41)70/h3-7,10,13-14,16,28-29,32-35,38,41,61,67H,8-9,11-12,15,17-27,30-31H2,1-2H3,(H2,60,69)(H,62,68,70). The number of halogens is 3. The summed E-state index contributed by atoms with van der Waals surface area (Å²) in [6, 6.07) is 19.9. The van der Waals surface area contributed by atoms with Crippen molar-refractivity contribution in [3.8, 4) is 22.6 Å². The molecule has 5 heterocycles. The van der Waals surface area contributed by atoms with E-state index in [-0.39, 0.29) is 71.1 Å². The van der Waals surface area contributed by atoms with Gasteiger partial charge < -0.3 is 35.4 Å². The van der Waals surface area contributed by atoms with Crippen molar-refractivity contribution in [2.75, 3.05) is 52.5 Å². The van der Waals surface area contributed by atoms with Gasteiger partial charge in [0.1, 0.15) is 18.2 Å². The van der Waals surface area contributed by atoms with E-state index in [0.29, 0.717) is 36.8 Å². The number of nitrogens with one attached hydrogen (secondary N) is 2. The van der Waals surface area contributed by atoms with Crippen LogP contribution >= 0.6 is 11.6 Å². The van der Waals surface area contributed by atoms with Gasteiger partial charge in [0.15, 0.2) is 17.2 Å². The molecule has 4 aliphatic heterocycles. The number of imide groups is 1. The first-order valence-corrected chi connectivity index (χ1v) is 26.3. The van der Waals surface area contributed by atoms with E-state index in [0.717, 1.165) is 106 Å². The number of aryl methyl sites for hydroxylation is 1. The fraction of sp³-hybridized carbons (Fsp3) is 0.482. The first kappa shape index (κ1) is 50.6. The van der Waals surface area contributed by atoms with Gasteiger partial charge in [-0.05, 0) is 112 Å². The number of likely N-dealkylation sites (tertiary alicyclic amines) is 2. The smallest absolute Gasteiger partial charge is 0.249 e. The van der Waals surface area contributed by atoms with Crippen molar-refractivity contribution < 1.29 is 42.5 Å². The lowest BCUT2D eigenvalue weighted by atomic mass is 9.77. The number of nitrogens with two attached hydrogens (primary N) is 1. The molecule has 5 N–H and O–H groups in total. The summed E-state index contributed by atoms with van der Waals surface area (Å²) in [7, 11) is 1.92. The van der Waals surface area contributed by atoms with Gasteiger partial charge in [-0.3, -0.25) is 29.2 Å². The molecule has 17 heteroatoms. The van der Waals surface area contributed by atoms with Gasteiger partial charge in [0.25, 0.3) is 0 Å². The zero-order valence-corrected chi connectivity index (χ0v) is 42.2. The topological polar surface area (TPSA) is 181 Å². The largest absolute Gasteiger partial charge is 0.488 e. The number of hydrogen-bond acceptors (Lipinski definition) is 10. The van der Waals surface area contributed by atoms with E-state index in [9.17, 15) is 24.3 Å². The molecule has 1 aromatic heterocycles. The Hall–Kier alpha value is -5.94. The number of fused-ring (bicyclic) bond motifs is 2. The number of nitrogens with zero attached hydrogens (tertiary/aromatic N) is 4. The van der Waals surface area contributed by atoms with Crippen molar-refractivity contribution in [3.63, 3.8) is 0 Å². The minimum Gasteiger partial charge on any atom is -0.488 e. The Bertz CT molecular complexity index is 2910. The van der Waals surface area contributed by atoms with Crippen LogP contribution in [0.15, 0.2) is 66.7 Å². The Morgan fingerprint density at radius 3 is 2.38 bits per heavy atom. The maximum Gasteiger partial charge on any atom is 0.249 e. The second-order valence-corrected chi connectivity index (χ2v) is 21.2. The summed E-state index contributed by atoms with van der Waals surface area (Å²) in [4.78, 5) is 55.9. The zero-order chi connectivity index (χ0) is 51.1. The number of primary amides is 1. The van der Waals surface area contributed by atoms with Crippen molar-refractivity contribution in [2.45, 2.75) is 101 Å². The van der Waals surface area contributed by atoms with E-state index in [4.69, 9.17) is 31.9 Å². The average molecular weight is 1020 g/mol. The molecule has 3 saturated heterocycles. The van der Waals surface area contributed by atoms with Gasteiger partial charge in [-0.1, -0.05) is 61.0 Å².